The summed E-state index contributed by atoms with van der Waals surface area (Å²) in [6.07, 6.45) is 13.1. The summed E-state index contributed by atoms with van der Waals surface area (Å²) in [7, 11) is 2.34. The largest absolute Gasteiger partial charge is 0.394 e. The fraction of sp³-hybridized carbons (Fsp3) is 1.00. The Morgan fingerprint density at radius 1 is 1.05 bits per heavy atom. The average molecular weight is 294 g/mol. The van der Waals surface area contributed by atoms with Crippen LogP contribution in [0.4, 0.5) is 0 Å². The van der Waals surface area contributed by atoms with Crippen molar-refractivity contribution < 1.29 is 5.11 Å². The van der Waals surface area contributed by atoms with E-state index in [0.29, 0.717) is 18.7 Å². The van der Waals surface area contributed by atoms with Crippen molar-refractivity contribution in [2.75, 3.05) is 13.7 Å². The van der Waals surface area contributed by atoms with Crippen LogP contribution in [-0.4, -0.2) is 47.3 Å². The van der Waals surface area contributed by atoms with Crippen molar-refractivity contribution in [2.24, 2.45) is 5.92 Å². The Kier molecular flexibility index (Phi) is 4.92. The van der Waals surface area contributed by atoms with E-state index in [1.54, 1.807) is 0 Å². The highest BCUT2D eigenvalue weighted by molar-refractivity contribution is 5.03. The molecule has 0 aliphatic heterocycles. The molecule has 0 amide bonds. The first kappa shape index (κ1) is 15.8. The molecule has 21 heavy (non-hydrogen) atoms. The van der Waals surface area contributed by atoms with Crippen molar-refractivity contribution in [3.63, 3.8) is 0 Å². The van der Waals surface area contributed by atoms with Crippen LogP contribution >= 0.6 is 0 Å². The quantitative estimate of drug-likeness (QED) is 0.790. The molecule has 0 aromatic heterocycles. The minimum absolute atomic E-state index is 0.0285. The second-order valence-corrected chi connectivity index (χ2v) is 8.00. The Balaban J connectivity index is 1.52. The molecule has 2 unspecified atom stereocenters. The fourth-order valence-corrected chi connectivity index (χ4v) is 4.69. The number of hydrogen-bond donors (Lipinski definition) is 2. The molecule has 3 aliphatic rings. The Labute approximate surface area is 130 Å². The van der Waals surface area contributed by atoms with Crippen molar-refractivity contribution >= 4 is 0 Å². The van der Waals surface area contributed by atoms with Gasteiger partial charge in [-0.3, -0.25) is 0 Å². The van der Waals surface area contributed by atoms with E-state index < -0.39 is 0 Å². The highest BCUT2D eigenvalue weighted by atomic mass is 16.3. The van der Waals surface area contributed by atoms with E-state index in [2.05, 4.69) is 24.2 Å². The number of nitrogens with zero attached hydrogens (tertiary/aromatic N) is 1. The van der Waals surface area contributed by atoms with Crippen LogP contribution in [0.15, 0.2) is 0 Å². The molecule has 0 saturated heterocycles. The van der Waals surface area contributed by atoms with E-state index in [9.17, 15) is 5.11 Å². The highest BCUT2D eigenvalue weighted by Gasteiger charge is 2.44. The van der Waals surface area contributed by atoms with Crippen molar-refractivity contribution in [3.8, 4) is 0 Å². The van der Waals surface area contributed by atoms with Gasteiger partial charge in [0.25, 0.3) is 0 Å². The number of aliphatic hydroxyl groups excluding tert-OH is 1. The number of rotatable bonds is 6. The summed E-state index contributed by atoms with van der Waals surface area (Å²) in [6.45, 7) is 2.65. The third-order valence-electron chi connectivity index (χ3n) is 6.52. The van der Waals surface area contributed by atoms with E-state index >= 15 is 0 Å². The molecule has 3 nitrogen and oxygen atoms in total. The maximum Gasteiger partial charge on any atom is 0.0614 e. The zero-order valence-electron chi connectivity index (χ0n) is 14.0. The second-order valence-electron chi connectivity index (χ2n) is 8.00. The van der Waals surface area contributed by atoms with Crippen molar-refractivity contribution in [3.05, 3.63) is 0 Å². The highest BCUT2D eigenvalue weighted by Crippen LogP contribution is 2.38. The molecule has 0 bridgehead atoms. The zero-order valence-corrected chi connectivity index (χ0v) is 14.0. The molecule has 0 aromatic carbocycles. The molecular weight excluding hydrogens is 260 g/mol. The predicted molar refractivity (Wildman–Crippen MR) is 87.4 cm³/mol. The van der Waals surface area contributed by atoms with E-state index in [4.69, 9.17) is 0 Å². The van der Waals surface area contributed by atoms with Gasteiger partial charge in [-0.1, -0.05) is 13.3 Å². The first-order valence-electron chi connectivity index (χ1n) is 9.26. The van der Waals surface area contributed by atoms with Crippen LogP contribution in [0.5, 0.6) is 0 Å². The van der Waals surface area contributed by atoms with E-state index in [1.165, 1.54) is 51.4 Å². The molecule has 3 heteroatoms. The summed E-state index contributed by atoms with van der Waals surface area (Å²) in [5.41, 5.74) is 0.0285. The van der Waals surface area contributed by atoms with Crippen molar-refractivity contribution in [1.29, 1.82) is 0 Å². The number of nitrogens with one attached hydrogen (secondary N) is 1. The molecule has 3 rings (SSSR count). The maximum absolute atomic E-state index is 9.89. The van der Waals surface area contributed by atoms with Gasteiger partial charge in [-0.15, -0.1) is 0 Å². The lowest BCUT2D eigenvalue weighted by Crippen LogP contribution is -2.49. The minimum atomic E-state index is 0.0285. The van der Waals surface area contributed by atoms with Crippen LogP contribution in [0, 0.1) is 5.92 Å². The van der Waals surface area contributed by atoms with Crippen LogP contribution in [0.1, 0.15) is 71.1 Å². The van der Waals surface area contributed by atoms with Gasteiger partial charge in [0.1, 0.15) is 0 Å². The second kappa shape index (κ2) is 6.55. The van der Waals surface area contributed by atoms with Gasteiger partial charge < -0.3 is 15.3 Å². The lowest BCUT2D eigenvalue weighted by molar-refractivity contribution is 0.105. The fourth-order valence-electron chi connectivity index (χ4n) is 4.69. The van der Waals surface area contributed by atoms with Gasteiger partial charge in [-0.25, -0.2) is 0 Å². The Hall–Kier alpha value is -0.120. The Morgan fingerprint density at radius 3 is 2.33 bits per heavy atom. The van der Waals surface area contributed by atoms with Gasteiger partial charge in [0.2, 0.25) is 0 Å². The van der Waals surface area contributed by atoms with Crippen molar-refractivity contribution in [2.45, 2.75) is 94.8 Å². The van der Waals surface area contributed by atoms with Crippen molar-refractivity contribution in [1.82, 2.24) is 10.2 Å². The summed E-state index contributed by atoms with van der Waals surface area (Å²) in [5, 5.41) is 13.6. The molecule has 0 radical (unpaired) electrons. The van der Waals surface area contributed by atoms with Crippen LogP contribution in [-0.2, 0) is 0 Å². The zero-order chi connectivity index (χ0) is 14.9. The molecule has 3 aliphatic carbocycles. The van der Waals surface area contributed by atoms with E-state index in [-0.39, 0.29) is 5.54 Å². The summed E-state index contributed by atoms with van der Waals surface area (Å²) < 4.78 is 0. The summed E-state index contributed by atoms with van der Waals surface area (Å²) in [6, 6.07) is 2.15. The smallest absolute Gasteiger partial charge is 0.0614 e. The van der Waals surface area contributed by atoms with Crippen LogP contribution in [0.25, 0.3) is 0 Å². The van der Waals surface area contributed by atoms with Crippen LogP contribution < -0.4 is 5.32 Å². The minimum Gasteiger partial charge on any atom is -0.394 e. The molecular formula is C18H34N2O. The van der Waals surface area contributed by atoms with Crippen LogP contribution in [0.2, 0.25) is 0 Å². The molecule has 0 spiro atoms. The predicted octanol–water partition coefficient (Wildman–Crippen LogP) is 2.92. The topological polar surface area (TPSA) is 35.5 Å². The number of aliphatic hydroxyl groups is 1. The molecule has 122 valence electrons. The molecule has 0 heterocycles. The maximum atomic E-state index is 9.89. The normalized spacial score (nSPS) is 40.9. The van der Waals surface area contributed by atoms with Gasteiger partial charge in [-0.05, 0) is 70.8 Å². The van der Waals surface area contributed by atoms with Gasteiger partial charge >= 0.3 is 0 Å². The van der Waals surface area contributed by atoms with Gasteiger partial charge in [0.15, 0.2) is 0 Å². The molecule has 0 aromatic rings. The monoisotopic (exact) mass is 294 g/mol. The van der Waals surface area contributed by atoms with Gasteiger partial charge in [0, 0.05) is 23.7 Å². The Morgan fingerprint density at radius 2 is 1.76 bits per heavy atom. The van der Waals surface area contributed by atoms with E-state index in [0.717, 1.165) is 24.8 Å². The molecule has 2 N–H and O–H groups in total. The Bertz CT molecular complexity index is 336. The molecule has 3 saturated carbocycles. The summed E-state index contributed by atoms with van der Waals surface area (Å²) in [5.74, 6) is 0.978. The SMILES string of the molecule is CCC1CCC(N(C)C2CCC(CO)(NC3CC3)C2)CC1. The van der Waals surface area contributed by atoms with Gasteiger partial charge in [0.05, 0.1) is 6.61 Å². The third-order valence-corrected chi connectivity index (χ3v) is 6.52. The third kappa shape index (κ3) is 3.62. The summed E-state index contributed by atoms with van der Waals surface area (Å²) in [4.78, 5) is 2.66. The lowest BCUT2D eigenvalue weighted by Gasteiger charge is -2.38. The van der Waals surface area contributed by atoms with Gasteiger partial charge in [-0.2, -0.15) is 0 Å². The average Bonchev–Trinajstić information content (AvgIpc) is 3.24. The molecule has 2 atom stereocenters. The first-order chi connectivity index (χ1) is 10.2. The van der Waals surface area contributed by atoms with Crippen LogP contribution in [0.3, 0.4) is 0 Å². The molecule has 3 fully saturated rings. The van der Waals surface area contributed by atoms with E-state index in [1.807, 2.05) is 0 Å². The first-order valence-corrected chi connectivity index (χ1v) is 9.26. The number of hydrogen-bond acceptors (Lipinski definition) is 3. The lowest BCUT2D eigenvalue weighted by atomic mass is 9.83. The summed E-state index contributed by atoms with van der Waals surface area (Å²) >= 11 is 0. The standard InChI is InChI=1S/C18H34N2O/c1-3-14-4-8-16(9-5-14)20(2)17-10-11-18(12-17,13-21)19-15-6-7-15/h14-17,19,21H,3-13H2,1-2H3.